The molecule has 0 saturated carbocycles. The smallest absolute Gasteiger partial charge is 0.227 e. The number of rotatable bonds is 6. The molecular weight excluding hydrogens is 364 g/mol. The summed E-state index contributed by atoms with van der Waals surface area (Å²) in [7, 11) is 0. The molecule has 3 aromatic rings. The Bertz CT molecular complexity index is 963. The first-order chi connectivity index (χ1) is 14.2. The molecule has 1 saturated heterocycles. The molecule has 1 unspecified atom stereocenters. The highest BCUT2D eigenvalue weighted by Crippen LogP contribution is 2.24. The Balaban J connectivity index is 1.52. The quantitative estimate of drug-likeness (QED) is 0.591. The van der Waals surface area contributed by atoms with Gasteiger partial charge in [0.05, 0.1) is 12.3 Å². The summed E-state index contributed by atoms with van der Waals surface area (Å²) in [5, 5.41) is 22.4. The minimum atomic E-state index is 0.192. The lowest BCUT2D eigenvalue weighted by Gasteiger charge is -2.34. The predicted octanol–water partition coefficient (Wildman–Crippen LogP) is 3.94. The molecule has 1 fully saturated rings. The number of aromatic hydroxyl groups is 1. The van der Waals surface area contributed by atoms with Gasteiger partial charge in [-0.05, 0) is 49.2 Å². The largest absolute Gasteiger partial charge is 0.508 e. The summed E-state index contributed by atoms with van der Waals surface area (Å²) in [6.45, 7) is 2.08. The summed E-state index contributed by atoms with van der Waals surface area (Å²) in [6.07, 6.45) is 5.17. The summed E-state index contributed by atoms with van der Waals surface area (Å²) in [6, 6.07) is 17.4. The Morgan fingerprint density at radius 1 is 1.07 bits per heavy atom. The predicted molar refractivity (Wildman–Crippen MR) is 114 cm³/mol. The van der Waals surface area contributed by atoms with Crippen molar-refractivity contribution in [3.05, 3.63) is 66.4 Å². The summed E-state index contributed by atoms with van der Waals surface area (Å²) in [5.41, 5.74) is 3.81. The Kier molecular flexibility index (Phi) is 6.03. The zero-order valence-corrected chi connectivity index (χ0v) is 16.3. The zero-order valence-electron chi connectivity index (χ0n) is 16.3. The first-order valence-corrected chi connectivity index (χ1v) is 10.0. The Morgan fingerprint density at radius 2 is 1.97 bits per heavy atom. The number of benzene rings is 2. The van der Waals surface area contributed by atoms with E-state index < -0.39 is 0 Å². The van der Waals surface area contributed by atoms with Crippen LogP contribution in [0.5, 0.6) is 5.75 Å². The third-order valence-electron chi connectivity index (χ3n) is 5.33. The van der Waals surface area contributed by atoms with Gasteiger partial charge in [-0.15, -0.1) is 0 Å². The normalized spacial score (nSPS) is 17.2. The van der Waals surface area contributed by atoms with Crippen LogP contribution in [0.25, 0.3) is 11.3 Å². The third-order valence-corrected chi connectivity index (χ3v) is 5.33. The van der Waals surface area contributed by atoms with Crippen molar-refractivity contribution >= 4 is 11.6 Å². The number of aliphatic hydroxyl groups is 1. The first kappa shape index (κ1) is 19.4. The molecule has 150 valence electrons. The lowest BCUT2D eigenvalue weighted by molar-refractivity contribution is 0.0841. The van der Waals surface area contributed by atoms with Crippen LogP contribution < -0.4 is 5.32 Å². The lowest BCUT2D eigenvalue weighted by Crippen LogP contribution is -2.41. The van der Waals surface area contributed by atoms with E-state index in [0.717, 1.165) is 36.5 Å². The summed E-state index contributed by atoms with van der Waals surface area (Å²) >= 11 is 0. The number of anilines is 2. The lowest BCUT2D eigenvalue weighted by atomic mass is 10.0. The summed E-state index contributed by atoms with van der Waals surface area (Å²) in [5.74, 6) is 0.674. The molecule has 2 aromatic carbocycles. The van der Waals surface area contributed by atoms with Crippen LogP contribution in [-0.2, 0) is 6.54 Å². The van der Waals surface area contributed by atoms with Crippen molar-refractivity contribution in [2.75, 3.05) is 18.5 Å². The average molecular weight is 390 g/mol. The van der Waals surface area contributed by atoms with Crippen molar-refractivity contribution < 1.29 is 10.2 Å². The molecule has 6 nitrogen and oxygen atoms in total. The van der Waals surface area contributed by atoms with Gasteiger partial charge in [-0.1, -0.05) is 30.7 Å². The van der Waals surface area contributed by atoms with Crippen molar-refractivity contribution in [3.8, 4) is 17.0 Å². The Hall–Kier alpha value is -2.96. The van der Waals surface area contributed by atoms with E-state index in [9.17, 15) is 10.2 Å². The molecule has 2 heterocycles. The van der Waals surface area contributed by atoms with Crippen LogP contribution in [0.2, 0.25) is 0 Å². The zero-order chi connectivity index (χ0) is 20.1. The molecular formula is C23H26N4O2. The molecule has 0 bridgehead atoms. The average Bonchev–Trinajstić information content (AvgIpc) is 2.75. The minimum absolute atomic E-state index is 0.192. The summed E-state index contributed by atoms with van der Waals surface area (Å²) < 4.78 is 0. The van der Waals surface area contributed by atoms with Crippen molar-refractivity contribution in [2.45, 2.75) is 31.8 Å². The molecule has 3 N–H and O–H groups in total. The minimum Gasteiger partial charge on any atom is -0.508 e. The highest BCUT2D eigenvalue weighted by atomic mass is 16.3. The van der Waals surface area contributed by atoms with Gasteiger partial charge in [-0.2, -0.15) is 0 Å². The maximum atomic E-state index is 9.66. The number of likely N-dealkylation sites (tertiary alicyclic amines) is 1. The van der Waals surface area contributed by atoms with E-state index >= 15 is 0 Å². The SMILES string of the molecule is OCC1CCCCN1Cc1cccc(-c2ccnc(Nc3cccc(O)c3)n2)c1. The number of aliphatic hydroxyl groups excluding tert-OH is 1. The van der Waals surface area contributed by atoms with E-state index in [1.807, 2.05) is 24.3 Å². The van der Waals surface area contributed by atoms with E-state index in [2.05, 4.69) is 32.3 Å². The van der Waals surface area contributed by atoms with Gasteiger partial charge in [0.2, 0.25) is 5.95 Å². The van der Waals surface area contributed by atoms with Crippen molar-refractivity contribution in [1.29, 1.82) is 0 Å². The molecule has 6 heteroatoms. The van der Waals surface area contributed by atoms with E-state index in [1.165, 1.54) is 18.4 Å². The van der Waals surface area contributed by atoms with Gasteiger partial charge in [-0.3, -0.25) is 4.90 Å². The maximum absolute atomic E-state index is 9.66. The molecule has 0 aliphatic carbocycles. The maximum Gasteiger partial charge on any atom is 0.227 e. The fraction of sp³-hybridized carbons (Fsp3) is 0.304. The van der Waals surface area contributed by atoms with E-state index in [-0.39, 0.29) is 18.4 Å². The molecule has 0 radical (unpaired) electrons. The van der Waals surface area contributed by atoms with E-state index in [0.29, 0.717) is 5.95 Å². The number of hydrogen-bond donors (Lipinski definition) is 3. The van der Waals surface area contributed by atoms with Gasteiger partial charge in [0.15, 0.2) is 0 Å². The second-order valence-corrected chi connectivity index (χ2v) is 7.44. The molecule has 0 spiro atoms. The van der Waals surface area contributed by atoms with Crippen LogP contribution in [0, 0.1) is 0 Å². The number of hydrogen-bond acceptors (Lipinski definition) is 6. The second-order valence-electron chi connectivity index (χ2n) is 7.44. The monoisotopic (exact) mass is 390 g/mol. The number of piperidine rings is 1. The van der Waals surface area contributed by atoms with Crippen LogP contribution in [0.4, 0.5) is 11.6 Å². The van der Waals surface area contributed by atoms with Gasteiger partial charge in [-0.25, -0.2) is 9.97 Å². The van der Waals surface area contributed by atoms with Gasteiger partial charge in [0, 0.05) is 36.1 Å². The fourth-order valence-electron chi connectivity index (χ4n) is 3.83. The Labute approximate surface area is 170 Å². The van der Waals surface area contributed by atoms with Crippen molar-refractivity contribution in [1.82, 2.24) is 14.9 Å². The topological polar surface area (TPSA) is 81.5 Å². The highest BCUT2D eigenvalue weighted by molar-refractivity contribution is 5.63. The highest BCUT2D eigenvalue weighted by Gasteiger charge is 2.21. The van der Waals surface area contributed by atoms with Gasteiger partial charge in [0.25, 0.3) is 0 Å². The molecule has 1 atom stereocenters. The number of nitrogens with zero attached hydrogens (tertiary/aromatic N) is 3. The van der Waals surface area contributed by atoms with Crippen LogP contribution in [0.1, 0.15) is 24.8 Å². The number of phenolic OH excluding ortho intramolecular Hbond substituents is 1. The molecule has 1 aromatic heterocycles. The van der Waals surface area contributed by atoms with E-state index in [1.54, 1.807) is 24.4 Å². The standard InChI is InChI=1S/C23H26N4O2/c28-16-20-8-1-2-12-27(20)15-17-5-3-6-18(13-17)22-10-11-24-23(26-22)25-19-7-4-9-21(29)14-19/h3-7,9-11,13-14,20,28-29H,1-2,8,12,15-16H2,(H,24,25,26). The molecule has 29 heavy (non-hydrogen) atoms. The van der Waals surface area contributed by atoms with Gasteiger partial charge < -0.3 is 15.5 Å². The van der Waals surface area contributed by atoms with Crippen molar-refractivity contribution in [2.24, 2.45) is 0 Å². The van der Waals surface area contributed by atoms with Crippen molar-refractivity contribution in [3.63, 3.8) is 0 Å². The number of nitrogens with one attached hydrogen (secondary N) is 1. The van der Waals surface area contributed by atoms with Gasteiger partial charge >= 0.3 is 0 Å². The van der Waals surface area contributed by atoms with Crippen LogP contribution >= 0.6 is 0 Å². The molecule has 1 aliphatic heterocycles. The number of phenols is 1. The van der Waals surface area contributed by atoms with Crippen LogP contribution in [0.15, 0.2) is 60.8 Å². The van der Waals surface area contributed by atoms with Crippen LogP contribution in [-0.4, -0.2) is 44.3 Å². The van der Waals surface area contributed by atoms with Gasteiger partial charge in [0.1, 0.15) is 5.75 Å². The Morgan fingerprint density at radius 3 is 2.83 bits per heavy atom. The fourth-order valence-corrected chi connectivity index (χ4v) is 3.83. The molecule has 0 amide bonds. The van der Waals surface area contributed by atoms with Crippen LogP contribution in [0.3, 0.4) is 0 Å². The first-order valence-electron chi connectivity index (χ1n) is 10.0. The third kappa shape index (κ3) is 4.91. The van der Waals surface area contributed by atoms with E-state index in [4.69, 9.17) is 0 Å². The number of aromatic nitrogens is 2. The molecule has 1 aliphatic rings. The second kappa shape index (κ2) is 9.03. The molecule has 4 rings (SSSR count). The summed E-state index contributed by atoms with van der Waals surface area (Å²) in [4.78, 5) is 11.3.